The van der Waals surface area contributed by atoms with Crippen molar-refractivity contribution < 1.29 is 0 Å². The van der Waals surface area contributed by atoms with Crippen LogP contribution in [0.3, 0.4) is 0 Å². The van der Waals surface area contributed by atoms with Gasteiger partial charge >= 0.3 is 0 Å². The van der Waals surface area contributed by atoms with Gasteiger partial charge in [0.15, 0.2) is 0 Å². The van der Waals surface area contributed by atoms with Gasteiger partial charge in [0.2, 0.25) is 0 Å². The highest BCUT2D eigenvalue weighted by molar-refractivity contribution is 7.80. The number of hydrogen-bond acceptors (Lipinski definition) is 4. The number of nitrogens with one attached hydrogen (secondary N) is 1. The Morgan fingerprint density at radius 2 is 2.35 bits per heavy atom. The second-order valence-corrected chi connectivity index (χ2v) is 4.87. The van der Waals surface area contributed by atoms with Crippen molar-refractivity contribution in [3.8, 4) is 0 Å². The molecule has 0 radical (unpaired) electrons. The van der Waals surface area contributed by atoms with Gasteiger partial charge in [0.25, 0.3) is 0 Å². The van der Waals surface area contributed by atoms with E-state index in [1.165, 1.54) is 12.8 Å². The summed E-state index contributed by atoms with van der Waals surface area (Å²) in [5.41, 5.74) is 6.31. The third-order valence-electron chi connectivity index (χ3n) is 2.99. The van der Waals surface area contributed by atoms with E-state index >= 15 is 0 Å². The molecule has 1 fully saturated rings. The summed E-state index contributed by atoms with van der Waals surface area (Å²) in [6, 6.07) is 4.61. The Labute approximate surface area is 107 Å². The van der Waals surface area contributed by atoms with Gasteiger partial charge < -0.3 is 16.0 Å². The highest BCUT2D eigenvalue weighted by Crippen LogP contribution is 2.24. The Morgan fingerprint density at radius 1 is 1.59 bits per heavy atom. The summed E-state index contributed by atoms with van der Waals surface area (Å²) in [4.78, 5) is 7.03. The van der Waals surface area contributed by atoms with Crippen LogP contribution in [0.25, 0.3) is 0 Å². The van der Waals surface area contributed by atoms with Gasteiger partial charge in [-0.1, -0.05) is 12.2 Å². The first-order valence-corrected chi connectivity index (χ1v) is 6.27. The number of aromatic nitrogens is 1. The van der Waals surface area contributed by atoms with E-state index in [2.05, 4.69) is 22.2 Å². The average molecular weight is 250 g/mol. The molecule has 0 aromatic carbocycles. The zero-order valence-electron chi connectivity index (χ0n) is 10.0. The van der Waals surface area contributed by atoms with Crippen LogP contribution in [-0.4, -0.2) is 41.1 Å². The van der Waals surface area contributed by atoms with E-state index in [0.29, 0.717) is 4.99 Å². The molecule has 4 nitrogen and oxygen atoms in total. The number of nitrogens with two attached hydrogens (primary N) is 1. The molecule has 0 amide bonds. The number of nitrogens with zero attached hydrogens (tertiary/aromatic N) is 2. The zero-order chi connectivity index (χ0) is 12.3. The van der Waals surface area contributed by atoms with Crippen LogP contribution in [0.4, 0.5) is 5.82 Å². The fourth-order valence-electron chi connectivity index (χ4n) is 1.70. The van der Waals surface area contributed by atoms with Gasteiger partial charge in [-0.15, -0.1) is 0 Å². The number of thiocarbonyl (C=S) groups is 1. The normalized spacial score (nSPS) is 14.9. The first-order chi connectivity index (χ1) is 8.16. The first kappa shape index (κ1) is 12.3. The summed E-state index contributed by atoms with van der Waals surface area (Å²) in [6.07, 6.45) is 4.39. The van der Waals surface area contributed by atoms with Crippen LogP contribution in [0.1, 0.15) is 18.4 Å². The van der Waals surface area contributed by atoms with E-state index in [0.717, 1.165) is 30.5 Å². The summed E-state index contributed by atoms with van der Waals surface area (Å²) < 4.78 is 0. The maximum Gasteiger partial charge on any atom is 0.125 e. The maximum absolute atomic E-state index is 5.51. The van der Waals surface area contributed by atoms with Crippen LogP contribution in [0.2, 0.25) is 0 Å². The van der Waals surface area contributed by atoms with Gasteiger partial charge in [-0.25, -0.2) is 4.98 Å². The van der Waals surface area contributed by atoms with Crippen molar-refractivity contribution >= 4 is 23.0 Å². The molecule has 92 valence electrons. The van der Waals surface area contributed by atoms with Crippen LogP contribution in [0.5, 0.6) is 0 Å². The Bertz CT molecular complexity index is 386. The molecule has 1 aromatic heterocycles. The van der Waals surface area contributed by atoms with Crippen molar-refractivity contribution in [1.82, 2.24) is 9.88 Å². The highest BCUT2D eigenvalue weighted by Gasteiger charge is 2.25. The highest BCUT2D eigenvalue weighted by atomic mass is 32.1. The van der Waals surface area contributed by atoms with Crippen LogP contribution >= 0.6 is 12.2 Å². The molecular weight excluding hydrogens is 232 g/mol. The molecule has 0 aliphatic heterocycles. The number of rotatable bonds is 6. The predicted molar refractivity (Wildman–Crippen MR) is 74.3 cm³/mol. The van der Waals surface area contributed by atoms with Crippen molar-refractivity contribution in [3.63, 3.8) is 0 Å². The minimum absolute atomic E-state index is 0.387. The van der Waals surface area contributed by atoms with E-state index < -0.39 is 0 Å². The third kappa shape index (κ3) is 3.64. The number of pyridine rings is 1. The lowest BCUT2D eigenvalue weighted by Gasteiger charge is -2.15. The summed E-state index contributed by atoms with van der Waals surface area (Å²) >= 11 is 4.87. The van der Waals surface area contributed by atoms with E-state index in [-0.39, 0.29) is 0 Å². The standard InChI is InChI=1S/C12H18N4S/c1-16(10-3-4-10)7-6-14-11-5-2-9(8-15-11)12(13)17/h2,5,8,10H,3-4,6-7H2,1H3,(H2,13,17)(H,14,15). The van der Waals surface area contributed by atoms with Crippen molar-refractivity contribution in [2.24, 2.45) is 5.73 Å². The topological polar surface area (TPSA) is 54.2 Å². The lowest BCUT2D eigenvalue weighted by atomic mass is 10.3. The summed E-state index contributed by atoms with van der Waals surface area (Å²) in [6.45, 7) is 1.95. The van der Waals surface area contributed by atoms with Crippen LogP contribution in [-0.2, 0) is 0 Å². The molecule has 5 heteroatoms. The van der Waals surface area contributed by atoms with Gasteiger partial charge in [-0.05, 0) is 32.0 Å². The monoisotopic (exact) mass is 250 g/mol. The third-order valence-corrected chi connectivity index (χ3v) is 3.22. The Morgan fingerprint density at radius 3 is 2.88 bits per heavy atom. The number of anilines is 1. The summed E-state index contributed by atoms with van der Waals surface area (Å²) in [5, 5.41) is 3.29. The van der Waals surface area contributed by atoms with E-state index in [1.807, 2.05) is 12.1 Å². The van der Waals surface area contributed by atoms with E-state index in [9.17, 15) is 0 Å². The van der Waals surface area contributed by atoms with Crippen molar-refractivity contribution in [3.05, 3.63) is 23.9 Å². The molecule has 0 spiro atoms. The molecule has 1 aliphatic carbocycles. The van der Waals surface area contributed by atoms with E-state index in [4.69, 9.17) is 18.0 Å². The minimum Gasteiger partial charge on any atom is -0.389 e. The van der Waals surface area contributed by atoms with Crippen LogP contribution in [0, 0.1) is 0 Å². The van der Waals surface area contributed by atoms with Gasteiger partial charge in [0, 0.05) is 30.9 Å². The predicted octanol–water partition coefficient (Wildman–Crippen LogP) is 1.22. The quantitative estimate of drug-likeness (QED) is 0.744. The van der Waals surface area contributed by atoms with Gasteiger partial charge in [0.05, 0.1) is 0 Å². The van der Waals surface area contributed by atoms with Crippen molar-refractivity contribution in [1.29, 1.82) is 0 Å². The molecule has 0 unspecified atom stereocenters. The van der Waals surface area contributed by atoms with Gasteiger partial charge in [-0.2, -0.15) is 0 Å². The minimum atomic E-state index is 0.387. The largest absolute Gasteiger partial charge is 0.389 e. The Balaban J connectivity index is 1.76. The summed E-state index contributed by atoms with van der Waals surface area (Å²) in [7, 11) is 2.17. The fourth-order valence-corrected chi connectivity index (χ4v) is 1.82. The molecule has 0 atom stereocenters. The molecule has 1 aromatic rings. The average Bonchev–Trinajstić information content (AvgIpc) is 3.13. The van der Waals surface area contributed by atoms with Gasteiger partial charge in [0.1, 0.15) is 10.8 Å². The SMILES string of the molecule is CN(CCNc1ccc(C(N)=S)cn1)C1CC1. The fraction of sp³-hybridized carbons (Fsp3) is 0.500. The molecule has 1 saturated carbocycles. The van der Waals surface area contributed by atoms with Crippen molar-refractivity contribution in [2.45, 2.75) is 18.9 Å². The lowest BCUT2D eigenvalue weighted by molar-refractivity contribution is 0.337. The molecule has 1 aliphatic rings. The van der Waals surface area contributed by atoms with Gasteiger partial charge in [-0.3, -0.25) is 0 Å². The molecule has 3 N–H and O–H groups in total. The summed E-state index contributed by atoms with van der Waals surface area (Å²) in [5.74, 6) is 0.870. The smallest absolute Gasteiger partial charge is 0.125 e. The Hall–Kier alpha value is -1.20. The Kier molecular flexibility index (Phi) is 3.91. The zero-order valence-corrected chi connectivity index (χ0v) is 10.8. The molecule has 0 bridgehead atoms. The molecule has 0 saturated heterocycles. The van der Waals surface area contributed by atoms with E-state index in [1.54, 1.807) is 6.20 Å². The molecule has 1 heterocycles. The maximum atomic E-state index is 5.51. The molecule has 2 rings (SSSR count). The lowest BCUT2D eigenvalue weighted by Crippen LogP contribution is -2.27. The first-order valence-electron chi connectivity index (χ1n) is 5.87. The van der Waals surface area contributed by atoms with Crippen LogP contribution < -0.4 is 11.1 Å². The van der Waals surface area contributed by atoms with Crippen LogP contribution in [0.15, 0.2) is 18.3 Å². The second kappa shape index (κ2) is 5.42. The molecular formula is C12H18N4S. The van der Waals surface area contributed by atoms with Crippen molar-refractivity contribution in [2.75, 3.05) is 25.5 Å². The second-order valence-electron chi connectivity index (χ2n) is 4.43. The molecule has 17 heavy (non-hydrogen) atoms. The number of likely N-dealkylation sites (N-methyl/N-ethyl adjacent to an activating group) is 1. The number of hydrogen-bond donors (Lipinski definition) is 2.